The predicted octanol–water partition coefficient (Wildman–Crippen LogP) is 2.27. The maximum absolute atomic E-state index is 4.40. The van der Waals surface area contributed by atoms with Gasteiger partial charge in [0.1, 0.15) is 5.01 Å². The van der Waals surface area contributed by atoms with Crippen molar-refractivity contribution in [3.05, 3.63) is 16.1 Å². The van der Waals surface area contributed by atoms with Crippen LogP contribution in [-0.4, -0.2) is 35.6 Å². The molecule has 1 fully saturated rings. The van der Waals surface area contributed by atoms with Gasteiger partial charge in [0.2, 0.25) is 0 Å². The molecule has 1 aliphatic rings. The molecule has 2 heterocycles. The van der Waals surface area contributed by atoms with Crippen molar-refractivity contribution in [2.75, 3.05) is 13.6 Å². The van der Waals surface area contributed by atoms with Gasteiger partial charge in [-0.25, -0.2) is 4.98 Å². The second-order valence-electron chi connectivity index (χ2n) is 5.35. The normalized spacial score (nSPS) is 30.7. The molecule has 0 spiro atoms. The Morgan fingerprint density at radius 2 is 2.29 bits per heavy atom. The number of rotatable bonds is 3. The third kappa shape index (κ3) is 3.27. The molecule has 96 valence electrons. The van der Waals surface area contributed by atoms with E-state index in [-0.39, 0.29) is 0 Å². The first kappa shape index (κ1) is 13.0. The van der Waals surface area contributed by atoms with Gasteiger partial charge in [0.25, 0.3) is 0 Å². The fourth-order valence-corrected chi connectivity index (χ4v) is 3.27. The van der Waals surface area contributed by atoms with Gasteiger partial charge in [0.15, 0.2) is 0 Å². The second kappa shape index (κ2) is 5.46. The molecule has 3 nitrogen and oxygen atoms in total. The first-order chi connectivity index (χ1) is 8.06. The lowest BCUT2D eigenvalue weighted by Crippen LogP contribution is -2.50. The molecule has 1 aromatic rings. The van der Waals surface area contributed by atoms with Crippen molar-refractivity contribution < 1.29 is 0 Å². The summed E-state index contributed by atoms with van der Waals surface area (Å²) in [7, 11) is 2.22. The Balaban J connectivity index is 1.86. The second-order valence-corrected chi connectivity index (χ2v) is 6.67. The molecule has 0 aromatic carbocycles. The Bertz CT molecular complexity index is 363. The summed E-state index contributed by atoms with van der Waals surface area (Å²) in [5.41, 5.74) is 0. The highest BCUT2D eigenvalue weighted by atomic mass is 32.1. The van der Waals surface area contributed by atoms with Crippen LogP contribution in [0.2, 0.25) is 0 Å². The van der Waals surface area contributed by atoms with Crippen LogP contribution in [0.25, 0.3) is 0 Å². The summed E-state index contributed by atoms with van der Waals surface area (Å²) in [6, 6.07) is 1.31. The summed E-state index contributed by atoms with van der Waals surface area (Å²) in [6.45, 7) is 8.88. The highest BCUT2D eigenvalue weighted by Crippen LogP contribution is 2.21. The lowest BCUT2D eigenvalue weighted by molar-refractivity contribution is 0.121. The summed E-state index contributed by atoms with van der Waals surface area (Å²) >= 11 is 1.79. The molecule has 0 bridgehead atoms. The van der Waals surface area contributed by atoms with E-state index in [4.69, 9.17) is 0 Å². The Morgan fingerprint density at radius 1 is 1.53 bits per heavy atom. The van der Waals surface area contributed by atoms with Gasteiger partial charge in [-0.15, -0.1) is 11.3 Å². The number of nitrogens with zero attached hydrogens (tertiary/aromatic N) is 2. The van der Waals surface area contributed by atoms with Crippen LogP contribution in [0.4, 0.5) is 0 Å². The molecular weight excluding hydrogens is 230 g/mol. The van der Waals surface area contributed by atoms with Crippen molar-refractivity contribution in [2.24, 2.45) is 5.92 Å². The molecule has 1 aromatic heterocycles. The molecule has 3 atom stereocenters. The summed E-state index contributed by atoms with van der Waals surface area (Å²) in [6.07, 6.45) is 3.20. The van der Waals surface area contributed by atoms with E-state index in [1.54, 1.807) is 11.3 Å². The molecule has 4 heteroatoms. The number of hydrogen-bond acceptors (Lipinski definition) is 4. The van der Waals surface area contributed by atoms with Crippen LogP contribution in [0.15, 0.2) is 6.20 Å². The van der Waals surface area contributed by atoms with E-state index in [2.05, 4.69) is 43.0 Å². The molecule has 0 saturated carbocycles. The number of thiazole rings is 1. The van der Waals surface area contributed by atoms with Crippen LogP contribution in [-0.2, 0) is 6.54 Å². The standard InChI is InChI=1S/C13H23N3S/c1-9-8-16(4)10(2)5-12(9)14-7-13-15-6-11(3)17-13/h6,9-10,12,14H,5,7-8H2,1-4H3. The number of likely N-dealkylation sites (tertiary alicyclic amines) is 1. The highest BCUT2D eigenvalue weighted by Gasteiger charge is 2.28. The highest BCUT2D eigenvalue weighted by molar-refractivity contribution is 7.11. The number of hydrogen-bond donors (Lipinski definition) is 1. The average Bonchev–Trinajstić information content (AvgIpc) is 2.68. The zero-order valence-electron chi connectivity index (χ0n) is 11.2. The minimum absolute atomic E-state index is 0.630. The topological polar surface area (TPSA) is 28.2 Å². The van der Waals surface area contributed by atoms with E-state index in [1.165, 1.54) is 22.9 Å². The zero-order valence-corrected chi connectivity index (χ0v) is 12.0. The summed E-state index contributed by atoms with van der Waals surface area (Å²) in [5.74, 6) is 0.720. The Hall–Kier alpha value is -0.450. The SMILES string of the molecule is Cc1cnc(CNC2CC(C)N(C)CC2C)s1. The third-order valence-electron chi connectivity index (χ3n) is 3.79. The fraction of sp³-hybridized carbons (Fsp3) is 0.769. The van der Waals surface area contributed by atoms with Crippen molar-refractivity contribution in [3.63, 3.8) is 0 Å². The van der Waals surface area contributed by atoms with E-state index in [1.807, 2.05) is 6.20 Å². The minimum Gasteiger partial charge on any atom is -0.307 e. The van der Waals surface area contributed by atoms with E-state index < -0.39 is 0 Å². The van der Waals surface area contributed by atoms with Crippen molar-refractivity contribution >= 4 is 11.3 Å². The molecular formula is C13H23N3S. The predicted molar refractivity (Wildman–Crippen MR) is 73.4 cm³/mol. The zero-order chi connectivity index (χ0) is 12.4. The van der Waals surface area contributed by atoms with E-state index in [0.29, 0.717) is 12.1 Å². The van der Waals surface area contributed by atoms with Crippen molar-refractivity contribution in [1.82, 2.24) is 15.2 Å². The number of aryl methyl sites for hydroxylation is 1. The van der Waals surface area contributed by atoms with Crippen LogP contribution in [0.1, 0.15) is 30.2 Å². The lowest BCUT2D eigenvalue weighted by Gasteiger charge is -2.40. The van der Waals surface area contributed by atoms with E-state index in [9.17, 15) is 0 Å². The first-order valence-corrected chi connectivity index (χ1v) is 7.23. The molecule has 0 aliphatic carbocycles. The molecule has 0 radical (unpaired) electrons. The average molecular weight is 253 g/mol. The van der Waals surface area contributed by atoms with E-state index >= 15 is 0 Å². The summed E-state index contributed by atoms with van der Waals surface area (Å²) in [4.78, 5) is 8.16. The molecule has 17 heavy (non-hydrogen) atoms. The maximum atomic E-state index is 4.40. The monoisotopic (exact) mass is 253 g/mol. The third-order valence-corrected chi connectivity index (χ3v) is 4.71. The van der Waals surface area contributed by atoms with Gasteiger partial charge in [-0.2, -0.15) is 0 Å². The van der Waals surface area contributed by atoms with Gasteiger partial charge in [0.05, 0.1) is 0 Å². The van der Waals surface area contributed by atoms with Gasteiger partial charge in [0, 0.05) is 36.2 Å². The van der Waals surface area contributed by atoms with Crippen LogP contribution in [0.3, 0.4) is 0 Å². The van der Waals surface area contributed by atoms with Crippen molar-refractivity contribution in [2.45, 2.75) is 45.8 Å². The molecule has 2 rings (SSSR count). The van der Waals surface area contributed by atoms with Gasteiger partial charge >= 0.3 is 0 Å². The van der Waals surface area contributed by atoms with Crippen LogP contribution < -0.4 is 5.32 Å². The van der Waals surface area contributed by atoms with Crippen molar-refractivity contribution in [3.8, 4) is 0 Å². The Kier molecular flexibility index (Phi) is 4.17. The maximum Gasteiger partial charge on any atom is 0.107 e. The number of piperidine rings is 1. The van der Waals surface area contributed by atoms with Crippen LogP contribution in [0.5, 0.6) is 0 Å². The van der Waals surface area contributed by atoms with Gasteiger partial charge < -0.3 is 10.2 Å². The molecule has 0 amide bonds. The van der Waals surface area contributed by atoms with Gasteiger partial charge in [-0.05, 0) is 33.2 Å². The van der Waals surface area contributed by atoms with Gasteiger partial charge in [-0.1, -0.05) is 6.92 Å². The molecule has 3 unspecified atom stereocenters. The number of aromatic nitrogens is 1. The molecule has 1 saturated heterocycles. The minimum atomic E-state index is 0.630. The lowest BCUT2D eigenvalue weighted by atomic mass is 9.90. The quantitative estimate of drug-likeness (QED) is 0.895. The number of nitrogens with one attached hydrogen (secondary N) is 1. The first-order valence-electron chi connectivity index (χ1n) is 6.41. The Labute approximate surface area is 108 Å². The largest absolute Gasteiger partial charge is 0.307 e. The molecule has 1 aliphatic heterocycles. The fourth-order valence-electron chi connectivity index (χ4n) is 2.53. The Morgan fingerprint density at radius 3 is 2.94 bits per heavy atom. The summed E-state index contributed by atoms with van der Waals surface area (Å²) in [5, 5.41) is 4.88. The van der Waals surface area contributed by atoms with E-state index in [0.717, 1.165) is 12.5 Å². The smallest absolute Gasteiger partial charge is 0.107 e. The molecule has 1 N–H and O–H groups in total. The van der Waals surface area contributed by atoms with Crippen molar-refractivity contribution in [1.29, 1.82) is 0 Å². The van der Waals surface area contributed by atoms with Crippen LogP contribution in [0, 0.1) is 12.8 Å². The van der Waals surface area contributed by atoms with Crippen LogP contribution >= 0.6 is 11.3 Å². The summed E-state index contributed by atoms with van der Waals surface area (Å²) < 4.78 is 0. The van der Waals surface area contributed by atoms with Gasteiger partial charge in [-0.3, -0.25) is 0 Å².